The lowest BCUT2D eigenvalue weighted by Crippen LogP contribution is -2.29. The average molecular weight is 529 g/mol. The SMILES string of the molecule is CCCCOc1ccc(C2/C(=C(\O)c3ccc(OC)cc3)C(=O)C(=O)N2c2nc3ccc(C)cc3s2)cc1. The molecule has 0 bridgehead atoms. The van der Waals surface area contributed by atoms with Gasteiger partial charge in [-0.3, -0.25) is 14.5 Å². The molecule has 7 nitrogen and oxygen atoms in total. The van der Waals surface area contributed by atoms with Crippen molar-refractivity contribution in [2.24, 2.45) is 0 Å². The summed E-state index contributed by atoms with van der Waals surface area (Å²) in [5.74, 6) is -0.434. The highest BCUT2D eigenvalue weighted by Gasteiger charge is 2.48. The molecule has 1 saturated heterocycles. The molecule has 0 aliphatic carbocycles. The molecule has 38 heavy (non-hydrogen) atoms. The Morgan fingerprint density at radius 3 is 2.42 bits per heavy atom. The standard InChI is InChI=1S/C30H28N2O5S/c1-4-5-16-37-22-13-7-19(8-14-22)26-25(27(33)20-9-11-21(36-3)12-10-20)28(34)29(35)32(26)30-31-23-15-6-18(2)17-24(23)38-30/h6-15,17,26,33H,4-5,16H2,1-3H3/b27-25+. The Labute approximate surface area is 225 Å². The number of benzene rings is 3. The molecule has 1 unspecified atom stereocenters. The first-order chi connectivity index (χ1) is 18.4. The molecule has 1 aliphatic heterocycles. The Morgan fingerprint density at radius 2 is 1.74 bits per heavy atom. The summed E-state index contributed by atoms with van der Waals surface area (Å²) < 4.78 is 11.9. The fourth-order valence-electron chi connectivity index (χ4n) is 4.45. The number of carbonyl (C=O) groups excluding carboxylic acids is 2. The number of aromatic nitrogens is 1. The number of Topliss-reactive ketones (excluding diaryl/α,β-unsaturated/α-hetero) is 1. The van der Waals surface area contributed by atoms with Crippen molar-refractivity contribution in [1.29, 1.82) is 0 Å². The van der Waals surface area contributed by atoms with Crippen LogP contribution in [0.2, 0.25) is 0 Å². The van der Waals surface area contributed by atoms with E-state index in [2.05, 4.69) is 11.9 Å². The lowest BCUT2D eigenvalue weighted by Gasteiger charge is -2.23. The monoisotopic (exact) mass is 528 g/mol. The molecule has 1 N–H and O–H groups in total. The van der Waals surface area contributed by atoms with Gasteiger partial charge in [0.05, 0.1) is 35.5 Å². The van der Waals surface area contributed by atoms with Crippen molar-refractivity contribution >= 4 is 44.1 Å². The van der Waals surface area contributed by atoms with Crippen molar-refractivity contribution in [3.63, 3.8) is 0 Å². The number of methoxy groups -OCH3 is 1. The van der Waals surface area contributed by atoms with Gasteiger partial charge in [0.25, 0.3) is 5.78 Å². The summed E-state index contributed by atoms with van der Waals surface area (Å²) in [7, 11) is 1.55. The van der Waals surface area contributed by atoms with Gasteiger partial charge in [-0.05, 0) is 73.0 Å². The number of aryl methyl sites for hydroxylation is 1. The van der Waals surface area contributed by atoms with E-state index >= 15 is 0 Å². The number of anilines is 1. The Bertz CT molecular complexity index is 1520. The number of fused-ring (bicyclic) bond motifs is 1. The number of carbonyl (C=O) groups is 2. The fraction of sp³-hybridized carbons (Fsp3) is 0.233. The van der Waals surface area contributed by atoms with E-state index in [1.54, 1.807) is 31.4 Å². The number of hydrogen-bond donors (Lipinski definition) is 1. The smallest absolute Gasteiger partial charge is 0.301 e. The molecule has 8 heteroatoms. The number of aliphatic hydroxyl groups is 1. The Balaban J connectivity index is 1.63. The molecular formula is C30H28N2O5S. The zero-order valence-electron chi connectivity index (χ0n) is 21.4. The van der Waals surface area contributed by atoms with Gasteiger partial charge in [-0.2, -0.15) is 0 Å². The van der Waals surface area contributed by atoms with E-state index in [1.165, 1.54) is 16.2 Å². The third-order valence-electron chi connectivity index (χ3n) is 6.51. The summed E-state index contributed by atoms with van der Waals surface area (Å²) in [4.78, 5) is 33.0. The first-order valence-electron chi connectivity index (χ1n) is 12.5. The Morgan fingerprint density at radius 1 is 1.03 bits per heavy atom. The molecule has 2 heterocycles. The van der Waals surface area contributed by atoms with E-state index in [4.69, 9.17) is 9.47 Å². The fourth-order valence-corrected chi connectivity index (χ4v) is 5.54. The lowest BCUT2D eigenvalue weighted by molar-refractivity contribution is -0.132. The topological polar surface area (TPSA) is 89.0 Å². The number of rotatable bonds is 8. The zero-order chi connectivity index (χ0) is 26.8. The summed E-state index contributed by atoms with van der Waals surface area (Å²) in [6, 6.07) is 19.0. The quantitative estimate of drug-likeness (QED) is 0.123. The number of unbranched alkanes of at least 4 members (excludes halogenated alkanes) is 1. The minimum atomic E-state index is -0.858. The first kappa shape index (κ1) is 25.5. The molecule has 0 radical (unpaired) electrons. The molecule has 194 valence electrons. The maximum absolute atomic E-state index is 13.5. The molecule has 0 spiro atoms. The van der Waals surface area contributed by atoms with Gasteiger partial charge in [-0.25, -0.2) is 4.98 Å². The second-order valence-corrected chi connectivity index (χ2v) is 10.1. The van der Waals surface area contributed by atoms with Crippen LogP contribution in [-0.2, 0) is 9.59 Å². The maximum atomic E-state index is 13.5. The van der Waals surface area contributed by atoms with Crippen molar-refractivity contribution in [2.75, 3.05) is 18.6 Å². The van der Waals surface area contributed by atoms with E-state index in [-0.39, 0.29) is 11.3 Å². The molecule has 5 rings (SSSR count). The van der Waals surface area contributed by atoms with Crippen LogP contribution in [0.4, 0.5) is 5.13 Å². The highest BCUT2D eigenvalue weighted by atomic mass is 32.1. The number of hydrogen-bond acceptors (Lipinski definition) is 7. The van der Waals surface area contributed by atoms with Crippen molar-refractivity contribution < 1.29 is 24.2 Å². The molecule has 1 aromatic heterocycles. The largest absolute Gasteiger partial charge is 0.507 e. The van der Waals surface area contributed by atoms with Gasteiger partial charge in [0.1, 0.15) is 17.3 Å². The minimum absolute atomic E-state index is 0.00950. The Hall–Kier alpha value is -4.17. The summed E-state index contributed by atoms with van der Waals surface area (Å²) in [6.45, 7) is 4.70. The molecular weight excluding hydrogens is 500 g/mol. The number of amides is 1. The van der Waals surface area contributed by atoms with E-state index < -0.39 is 17.7 Å². The second-order valence-electron chi connectivity index (χ2n) is 9.14. The molecule has 1 aliphatic rings. The number of ketones is 1. The van der Waals surface area contributed by atoms with E-state index in [1.807, 2.05) is 49.4 Å². The van der Waals surface area contributed by atoms with Crippen LogP contribution < -0.4 is 14.4 Å². The van der Waals surface area contributed by atoms with Gasteiger partial charge >= 0.3 is 5.91 Å². The summed E-state index contributed by atoms with van der Waals surface area (Å²) in [6.07, 6.45) is 1.97. The van der Waals surface area contributed by atoms with Crippen LogP contribution in [-0.4, -0.2) is 35.5 Å². The third-order valence-corrected chi connectivity index (χ3v) is 7.53. The summed E-state index contributed by atoms with van der Waals surface area (Å²) in [5.41, 5.74) is 2.90. The zero-order valence-corrected chi connectivity index (χ0v) is 22.2. The van der Waals surface area contributed by atoms with Crippen LogP contribution in [0.15, 0.2) is 72.3 Å². The second kappa shape index (κ2) is 10.7. The Kier molecular flexibility index (Phi) is 7.15. The molecule has 3 aromatic carbocycles. The van der Waals surface area contributed by atoms with Crippen molar-refractivity contribution in [3.8, 4) is 11.5 Å². The number of thiazole rings is 1. The average Bonchev–Trinajstić information content (AvgIpc) is 3.46. The molecule has 1 atom stereocenters. The van der Waals surface area contributed by atoms with Gasteiger partial charge in [0.2, 0.25) is 0 Å². The minimum Gasteiger partial charge on any atom is -0.507 e. The highest BCUT2D eigenvalue weighted by molar-refractivity contribution is 7.22. The van der Waals surface area contributed by atoms with Gasteiger partial charge in [0.15, 0.2) is 5.13 Å². The number of aliphatic hydroxyl groups excluding tert-OH is 1. The van der Waals surface area contributed by atoms with E-state index in [9.17, 15) is 14.7 Å². The third kappa shape index (κ3) is 4.75. The summed E-state index contributed by atoms with van der Waals surface area (Å²) >= 11 is 1.34. The predicted molar refractivity (Wildman–Crippen MR) is 149 cm³/mol. The van der Waals surface area contributed by atoms with Crippen molar-refractivity contribution in [2.45, 2.75) is 32.7 Å². The summed E-state index contributed by atoms with van der Waals surface area (Å²) in [5, 5.41) is 11.7. The van der Waals surface area contributed by atoms with Crippen LogP contribution in [0.25, 0.3) is 16.0 Å². The molecule has 1 fully saturated rings. The molecule has 0 saturated carbocycles. The van der Waals surface area contributed by atoms with Crippen molar-refractivity contribution in [3.05, 3.63) is 89.0 Å². The van der Waals surface area contributed by atoms with Crippen LogP contribution in [0.5, 0.6) is 11.5 Å². The van der Waals surface area contributed by atoms with E-state index in [0.29, 0.717) is 34.4 Å². The van der Waals surface area contributed by atoms with Gasteiger partial charge in [-0.15, -0.1) is 0 Å². The van der Waals surface area contributed by atoms with Gasteiger partial charge < -0.3 is 14.6 Å². The van der Waals surface area contributed by atoms with Gasteiger partial charge in [0, 0.05) is 5.56 Å². The van der Waals surface area contributed by atoms with Crippen LogP contribution in [0.3, 0.4) is 0 Å². The highest BCUT2D eigenvalue weighted by Crippen LogP contribution is 2.44. The van der Waals surface area contributed by atoms with Crippen LogP contribution >= 0.6 is 11.3 Å². The first-order valence-corrected chi connectivity index (χ1v) is 13.3. The lowest BCUT2D eigenvalue weighted by atomic mass is 9.95. The normalized spacial score (nSPS) is 16.8. The van der Waals surface area contributed by atoms with E-state index in [0.717, 1.165) is 28.6 Å². The number of ether oxygens (including phenoxy) is 2. The van der Waals surface area contributed by atoms with Crippen molar-refractivity contribution in [1.82, 2.24) is 4.98 Å². The molecule has 4 aromatic rings. The van der Waals surface area contributed by atoms with Crippen LogP contribution in [0.1, 0.15) is 42.5 Å². The maximum Gasteiger partial charge on any atom is 0.301 e. The number of nitrogens with zero attached hydrogens (tertiary/aromatic N) is 2. The predicted octanol–water partition coefficient (Wildman–Crippen LogP) is 6.42. The molecule has 1 amide bonds. The van der Waals surface area contributed by atoms with Gasteiger partial charge in [-0.1, -0.05) is 42.9 Å². The van der Waals surface area contributed by atoms with Crippen LogP contribution in [0, 0.1) is 6.92 Å².